The number of hydrogen-bond acceptors (Lipinski definition) is 7. The van der Waals surface area contributed by atoms with E-state index in [9.17, 15) is 0 Å². The minimum atomic E-state index is 0.749. The maximum Gasteiger partial charge on any atom is 0.180 e. The SMILES string of the molecule is CCn1cc(-c2cnc3c(Nc4cc(CN5CCCCCC5)ns4)nc(C)cn23)cn1. The monoisotopic (exact) mass is 436 g/mol. The van der Waals surface area contributed by atoms with Gasteiger partial charge < -0.3 is 5.32 Å². The highest BCUT2D eigenvalue weighted by Crippen LogP contribution is 2.28. The third-order valence-corrected chi connectivity index (χ3v) is 6.49. The maximum atomic E-state index is 4.72. The number of fused-ring (bicyclic) bond motifs is 1. The van der Waals surface area contributed by atoms with Gasteiger partial charge in [0, 0.05) is 31.0 Å². The topological polar surface area (TPSA) is 76.2 Å². The van der Waals surface area contributed by atoms with Crippen LogP contribution in [-0.4, -0.2) is 46.5 Å². The molecule has 8 nitrogen and oxygen atoms in total. The molecule has 5 heterocycles. The largest absolute Gasteiger partial charge is 0.328 e. The van der Waals surface area contributed by atoms with Crippen LogP contribution in [0.15, 0.2) is 30.9 Å². The summed E-state index contributed by atoms with van der Waals surface area (Å²) in [6.07, 6.45) is 13.1. The molecule has 0 unspecified atom stereocenters. The number of nitrogens with zero attached hydrogens (tertiary/aromatic N) is 7. The van der Waals surface area contributed by atoms with Crippen LogP contribution in [0, 0.1) is 6.92 Å². The second kappa shape index (κ2) is 8.76. The summed E-state index contributed by atoms with van der Waals surface area (Å²) in [6, 6.07) is 2.14. The molecule has 0 spiro atoms. The van der Waals surface area contributed by atoms with E-state index in [4.69, 9.17) is 4.98 Å². The summed E-state index contributed by atoms with van der Waals surface area (Å²) in [5, 5.41) is 8.86. The molecule has 31 heavy (non-hydrogen) atoms. The number of likely N-dealkylation sites (tertiary alicyclic amines) is 1. The third kappa shape index (κ3) is 4.33. The van der Waals surface area contributed by atoms with Crippen LogP contribution in [0.1, 0.15) is 44.0 Å². The number of aromatic nitrogens is 6. The Bertz CT molecular complexity index is 1170. The summed E-state index contributed by atoms with van der Waals surface area (Å²) in [5.74, 6) is 0.749. The summed E-state index contributed by atoms with van der Waals surface area (Å²) in [7, 11) is 0. The van der Waals surface area contributed by atoms with Gasteiger partial charge in [-0.05, 0) is 57.4 Å². The minimum Gasteiger partial charge on any atom is -0.328 e. The van der Waals surface area contributed by atoms with E-state index >= 15 is 0 Å². The predicted octanol–water partition coefficient (Wildman–Crippen LogP) is 4.50. The van der Waals surface area contributed by atoms with Crippen molar-refractivity contribution < 1.29 is 0 Å². The van der Waals surface area contributed by atoms with Crippen LogP contribution in [0.4, 0.5) is 10.8 Å². The van der Waals surface area contributed by atoms with Crippen molar-refractivity contribution in [1.82, 2.24) is 33.4 Å². The lowest BCUT2D eigenvalue weighted by Gasteiger charge is -2.17. The first-order valence-electron chi connectivity index (χ1n) is 11.0. The number of anilines is 2. The second-order valence-corrected chi connectivity index (χ2v) is 8.96. The van der Waals surface area contributed by atoms with Crippen molar-refractivity contribution in [3.63, 3.8) is 0 Å². The molecule has 0 radical (unpaired) electrons. The molecule has 162 valence electrons. The van der Waals surface area contributed by atoms with Crippen LogP contribution in [-0.2, 0) is 13.1 Å². The molecule has 0 aromatic carbocycles. The Morgan fingerprint density at radius 3 is 2.71 bits per heavy atom. The van der Waals surface area contributed by atoms with Crippen LogP contribution in [0.25, 0.3) is 16.9 Å². The predicted molar refractivity (Wildman–Crippen MR) is 124 cm³/mol. The number of nitrogens with one attached hydrogen (secondary N) is 1. The lowest BCUT2D eigenvalue weighted by atomic mass is 10.2. The Labute approximate surface area is 186 Å². The Morgan fingerprint density at radius 1 is 1.10 bits per heavy atom. The molecule has 1 saturated heterocycles. The van der Waals surface area contributed by atoms with Gasteiger partial charge in [-0.2, -0.15) is 9.47 Å². The average molecular weight is 437 g/mol. The maximum absolute atomic E-state index is 4.72. The Balaban J connectivity index is 1.39. The van der Waals surface area contributed by atoms with Crippen molar-refractivity contribution in [2.75, 3.05) is 18.4 Å². The fraction of sp³-hybridized carbons (Fsp3) is 0.455. The second-order valence-electron chi connectivity index (χ2n) is 8.15. The highest BCUT2D eigenvalue weighted by Gasteiger charge is 2.15. The minimum absolute atomic E-state index is 0.749. The fourth-order valence-electron chi connectivity index (χ4n) is 4.16. The molecule has 1 N–H and O–H groups in total. The van der Waals surface area contributed by atoms with Gasteiger partial charge in [0.15, 0.2) is 11.5 Å². The molecule has 4 aromatic rings. The lowest BCUT2D eigenvalue weighted by Crippen LogP contribution is -2.24. The third-order valence-electron chi connectivity index (χ3n) is 5.75. The highest BCUT2D eigenvalue weighted by molar-refractivity contribution is 7.10. The van der Waals surface area contributed by atoms with Crippen molar-refractivity contribution in [2.24, 2.45) is 0 Å². The first-order chi connectivity index (χ1) is 15.2. The lowest BCUT2D eigenvalue weighted by molar-refractivity contribution is 0.274. The number of rotatable bonds is 6. The van der Waals surface area contributed by atoms with E-state index in [0.717, 1.165) is 52.2 Å². The molecular formula is C22H28N8S. The van der Waals surface area contributed by atoms with Gasteiger partial charge in [-0.15, -0.1) is 0 Å². The Hall–Kier alpha value is -2.78. The Morgan fingerprint density at radius 2 is 1.94 bits per heavy atom. The summed E-state index contributed by atoms with van der Waals surface area (Å²) in [5.41, 5.74) is 4.89. The number of hydrogen-bond donors (Lipinski definition) is 1. The normalized spacial score (nSPS) is 15.4. The number of aryl methyl sites for hydroxylation is 2. The van der Waals surface area contributed by atoms with Gasteiger partial charge in [0.2, 0.25) is 0 Å². The zero-order valence-electron chi connectivity index (χ0n) is 18.1. The zero-order valence-corrected chi connectivity index (χ0v) is 18.9. The van der Waals surface area contributed by atoms with E-state index in [0.29, 0.717) is 0 Å². The van der Waals surface area contributed by atoms with Crippen molar-refractivity contribution in [3.05, 3.63) is 42.2 Å². The molecule has 0 saturated carbocycles. The first-order valence-corrected chi connectivity index (χ1v) is 11.8. The smallest absolute Gasteiger partial charge is 0.180 e. The average Bonchev–Trinajstić information content (AvgIpc) is 3.45. The highest BCUT2D eigenvalue weighted by atomic mass is 32.1. The molecule has 1 fully saturated rings. The van der Waals surface area contributed by atoms with Crippen molar-refractivity contribution in [3.8, 4) is 11.3 Å². The van der Waals surface area contributed by atoms with E-state index in [-0.39, 0.29) is 0 Å². The van der Waals surface area contributed by atoms with Crippen LogP contribution in [0.3, 0.4) is 0 Å². The van der Waals surface area contributed by atoms with Gasteiger partial charge >= 0.3 is 0 Å². The molecule has 1 aliphatic heterocycles. The van der Waals surface area contributed by atoms with Crippen LogP contribution in [0.5, 0.6) is 0 Å². The quantitative estimate of drug-likeness (QED) is 0.480. The molecule has 5 rings (SSSR count). The van der Waals surface area contributed by atoms with Gasteiger partial charge in [0.25, 0.3) is 0 Å². The van der Waals surface area contributed by atoms with E-state index in [1.54, 1.807) is 0 Å². The molecule has 0 bridgehead atoms. The van der Waals surface area contributed by atoms with Crippen LogP contribution in [0.2, 0.25) is 0 Å². The van der Waals surface area contributed by atoms with Crippen molar-refractivity contribution in [2.45, 2.75) is 52.6 Å². The first kappa shape index (κ1) is 20.1. The summed E-state index contributed by atoms with van der Waals surface area (Å²) in [4.78, 5) is 11.9. The van der Waals surface area contributed by atoms with Gasteiger partial charge in [0.05, 0.1) is 29.5 Å². The van der Waals surface area contributed by atoms with Crippen molar-refractivity contribution in [1.29, 1.82) is 0 Å². The molecule has 9 heteroatoms. The summed E-state index contributed by atoms with van der Waals surface area (Å²) < 4.78 is 8.68. The molecule has 4 aromatic heterocycles. The molecule has 0 aliphatic carbocycles. The van der Waals surface area contributed by atoms with Gasteiger partial charge in [-0.3, -0.25) is 14.0 Å². The van der Waals surface area contributed by atoms with Crippen LogP contribution < -0.4 is 5.32 Å². The van der Waals surface area contributed by atoms with Gasteiger partial charge in [-0.1, -0.05) is 12.8 Å². The van der Waals surface area contributed by atoms with Crippen LogP contribution >= 0.6 is 11.5 Å². The molecule has 0 amide bonds. The zero-order chi connectivity index (χ0) is 21.2. The summed E-state index contributed by atoms with van der Waals surface area (Å²) >= 11 is 1.48. The Kier molecular flexibility index (Phi) is 5.69. The molecule has 1 aliphatic rings. The van der Waals surface area contributed by atoms with Gasteiger partial charge in [-0.25, -0.2) is 9.97 Å². The molecular weight excluding hydrogens is 408 g/mol. The fourth-order valence-corrected chi connectivity index (χ4v) is 4.82. The number of imidazole rings is 1. The van der Waals surface area contributed by atoms with E-state index in [1.807, 2.05) is 36.4 Å². The van der Waals surface area contributed by atoms with E-state index in [2.05, 4.69) is 42.1 Å². The van der Waals surface area contributed by atoms with E-state index in [1.165, 1.54) is 50.3 Å². The molecule has 0 atom stereocenters. The standard InChI is InChI=1S/C22H28N8S/c1-3-29-14-17(11-24-29)19-12-23-22-21(25-16(2)13-30(19)22)26-20-10-18(27-31-20)15-28-8-6-4-5-7-9-28/h10-14H,3-9,15H2,1-2H3,(H,25,26). The summed E-state index contributed by atoms with van der Waals surface area (Å²) in [6.45, 7) is 8.19. The van der Waals surface area contributed by atoms with Gasteiger partial charge in [0.1, 0.15) is 5.00 Å². The van der Waals surface area contributed by atoms with E-state index < -0.39 is 0 Å². The van der Waals surface area contributed by atoms with Crippen molar-refractivity contribution >= 4 is 28.0 Å².